The van der Waals surface area contributed by atoms with Gasteiger partial charge in [-0.15, -0.1) is 22.7 Å². The number of anilines is 4. The average molecular weight is 1090 g/mol. The lowest BCUT2D eigenvalue weighted by molar-refractivity contribution is -0.116. The second-order valence-electron chi connectivity index (χ2n) is 18.6. The number of carbonyl (C=O) groups is 4. The van der Waals surface area contributed by atoms with E-state index in [2.05, 4.69) is 52.1 Å². The number of hydrogen-bond donors (Lipinski definition) is 3. The quantitative estimate of drug-likeness (QED) is 0.0995. The molecule has 0 aliphatic carbocycles. The van der Waals surface area contributed by atoms with Gasteiger partial charge >= 0.3 is 0 Å². The van der Waals surface area contributed by atoms with Crippen LogP contribution in [-0.4, -0.2) is 59.6 Å². The standard InChI is InChI=1S/C30H27N3O4S.C21H19N3O3S.C9H9ClO/c1-3-20-6-4-5-7-23(20)29(35)33-13-12-21-16-22(9-10-24(21)33)28-18(2)38-30(32-28)31-27(34)15-19-8-11-25-26(14-19)37-17-36-25;1-12-20(15-3-4-16-14(10-15)6-7-22-16)24-21(28-12)23-19(25)9-13-2-5-17-18(8-13)27-11-26-17;1-2-7-5-3-4-6-8(7)9(10)11/h4-11,14,16H,3,12-13,15,17H2,1-2H3,(H,31,32,34);2-5,8,10,22H,6-7,9,11H2,1H3,(H,23,24,25);3-6H,2H2,1H3. The smallest absolute Gasteiger partial charge is 0.258 e. The Labute approximate surface area is 459 Å². The van der Waals surface area contributed by atoms with Gasteiger partial charge in [0.25, 0.3) is 11.1 Å². The monoisotopic (exact) mass is 1090 g/mol. The molecule has 14 nitrogen and oxygen atoms in total. The van der Waals surface area contributed by atoms with Gasteiger partial charge in [-0.05, 0) is 145 Å². The molecule has 3 amide bonds. The fraction of sp³-hybridized carbons (Fsp3) is 0.233. The molecule has 4 aliphatic heterocycles. The Morgan fingerprint density at radius 1 is 0.610 bits per heavy atom. The number of aromatic nitrogens is 2. The summed E-state index contributed by atoms with van der Waals surface area (Å²) in [5, 5.41) is 10.0. The van der Waals surface area contributed by atoms with Gasteiger partial charge in [0.15, 0.2) is 33.3 Å². The van der Waals surface area contributed by atoms with Crippen LogP contribution in [0.2, 0.25) is 0 Å². The second-order valence-corrected chi connectivity index (χ2v) is 21.3. The van der Waals surface area contributed by atoms with Crippen LogP contribution in [-0.2, 0) is 48.1 Å². The molecular formula is C60H55ClN6O8S2. The number of benzene rings is 6. The number of carbonyl (C=O) groups excluding carboxylic acids is 4. The number of hydrogen-bond acceptors (Lipinski definition) is 13. The van der Waals surface area contributed by atoms with Gasteiger partial charge in [0.2, 0.25) is 25.4 Å². The first-order valence-corrected chi connectivity index (χ1v) is 27.4. The summed E-state index contributed by atoms with van der Waals surface area (Å²) in [7, 11) is 0. The molecule has 17 heteroatoms. The van der Waals surface area contributed by atoms with E-state index in [1.54, 1.807) is 6.07 Å². The van der Waals surface area contributed by atoms with Crippen molar-refractivity contribution in [1.82, 2.24) is 9.97 Å². The van der Waals surface area contributed by atoms with Crippen LogP contribution in [0.5, 0.6) is 23.0 Å². The molecule has 0 fully saturated rings. The van der Waals surface area contributed by atoms with Crippen LogP contribution >= 0.6 is 34.3 Å². The molecule has 0 unspecified atom stereocenters. The maximum atomic E-state index is 13.4. The Hall–Kier alpha value is -8.05. The Kier molecular flexibility index (Phi) is 16.0. The molecule has 6 aromatic carbocycles. The highest BCUT2D eigenvalue weighted by molar-refractivity contribution is 7.16. The Morgan fingerprint density at radius 2 is 1.13 bits per heavy atom. The summed E-state index contributed by atoms with van der Waals surface area (Å²) in [5.74, 6) is 2.57. The predicted molar refractivity (Wildman–Crippen MR) is 304 cm³/mol. The third kappa shape index (κ3) is 12.0. The van der Waals surface area contributed by atoms with Crippen molar-refractivity contribution in [1.29, 1.82) is 0 Å². The first kappa shape index (κ1) is 52.4. The van der Waals surface area contributed by atoms with Gasteiger partial charge in [0.1, 0.15) is 0 Å². The molecule has 12 rings (SSSR count). The molecule has 3 N–H and O–H groups in total. The summed E-state index contributed by atoms with van der Waals surface area (Å²) in [4.78, 5) is 62.7. The van der Waals surface area contributed by atoms with Gasteiger partial charge in [0.05, 0.1) is 24.2 Å². The van der Waals surface area contributed by atoms with Crippen LogP contribution in [0.15, 0.2) is 121 Å². The zero-order valence-electron chi connectivity index (χ0n) is 42.9. The van der Waals surface area contributed by atoms with Crippen molar-refractivity contribution in [3.8, 4) is 45.5 Å². The summed E-state index contributed by atoms with van der Waals surface area (Å²) in [6, 6.07) is 38.8. The number of ether oxygens (including phenoxy) is 4. The SMILES string of the molecule is CCc1ccccc1C(=O)Cl.CCc1ccccc1C(=O)N1CCc2cc(-c3nc(NC(=O)Cc4ccc5c(c4)OCO5)sc3C)ccc21.Cc1sc(NC(=O)Cc2ccc3c(c2)OCO3)nc1-c1ccc2c(c1)CCN2. The third-order valence-corrected chi connectivity index (χ3v) is 15.5. The summed E-state index contributed by atoms with van der Waals surface area (Å²) >= 11 is 8.30. The highest BCUT2D eigenvalue weighted by Crippen LogP contribution is 2.39. The Balaban J connectivity index is 0.000000150. The molecule has 8 aromatic rings. The Bertz CT molecular complexity index is 3560. The van der Waals surface area contributed by atoms with Crippen LogP contribution in [0, 0.1) is 13.8 Å². The van der Waals surface area contributed by atoms with Crippen molar-refractivity contribution in [2.24, 2.45) is 0 Å². The van der Waals surface area contributed by atoms with Crippen LogP contribution in [0.1, 0.15) is 77.7 Å². The summed E-state index contributed by atoms with van der Waals surface area (Å²) in [6.07, 6.45) is 3.97. The molecule has 77 heavy (non-hydrogen) atoms. The van der Waals surface area contributed by atoms with E-state index in [9.17, 15) is 19.2 Å². The number of fused-ring (bicyclic) bond motifs is 4. The minimum absolute atomic E-state index is 0.0475. The topological polar surface area (TPSA) is 170 Å². The van der Waals surface area contributed by atoms with E-state index in [1.165, 1.54) is 33.9 Å². The molecule has 0 atom stereocenters. The van der Waals surface area contributed by atoms with Crippen molar-refractivity contribution in [2.45, 2.75) is 66.2 Å². The highest BCUT2D eigenvalue weighted by Gasteiger charge is 2.28. The van der Waals surface area contributed by atoms with Gasteiger partial charge < -0.3 is 39.8 Å². The number of halogens is 1. The number of aryl methyl sites for hydroxylation is 4. The maximum Gasteiger partial charge on any atom is 0.258 e. The van der Waals surface area contributed by atoms with Crippen molar-refractivity contribution in [3.63, 3.8) is 0 Å². The van der Waals surface area contributed by atoms with Crippen molar-refractivity contribution < 1.29 is 38.1 Å². The van der Waals surface area contributed by atoms with Gasteiger partial charge in [-0.2, -0.15) is 0 Å². The lowest BCUT2D eigenvalue weighted by Gasteiger charge is -2.19. The van der Waals surface area contributed by atoms with Gasteiger partial charge in [-0.25, -0.2) is 9.97 Å². The fourth-order valence-corrected chi connectivity index (χ4v) is 11.5. The summed E-state index contributed by atoms with van der Waals surface area (Å²) < 4.78 is 21.4. The van der Waals surface area contributed by atoms with Gasteiger partial charge in [0, 0.05) is 56.5 Å². The fourth-order valence-electron chi connectivity index (χ4n) is 9.65. The number of nitrogens with one attached hydrogen (secondary N) is 3. The van der Waals surface area contributed by atoms with E-state index in [1.807, 2.05) is 117 Å². The van der Waals surface area contributed by atoms with Crippen molar-refractivity contribution >= 4 is 78.9 Å². The van der Waals surface area contributed by atoms with Crippen molar-refractivity contribution in [3.05, 3.63) is 176 Å². The van der Waals surface area contributed by atoms with E-state index in [0.717, 1.165) is 104 Å². The van der Waals surface area contributed by atoms with Gasteiger partial charge in [-0.3, -0.25) is 19.2 Å². The van der Waals surface area contributed by atoms with Crippen LogP contribution in [0.3, 0.4) is 0 Å². The number of nitrogens with zero attached hydrogens (tertiary/aromatic N) is 3. The molecule has 0 bridgehead atoms. The normalized spacial score (nSPS) is 13.1. The van der Waals surface area contributed by atoms with E-state index in [0.29, 0.717) is 45.4 Å². The number of amides is 3. The van der Waals surface area contributed by atoms with Crippen LogP contribution < -0.4 is 39.8 Å². The zero-order chi connectivity index (χ0) is 53.6. The van der Waals surface area contributed by atoms with Crippen LogP contribution in [0.25, 0.3) is 22.5 Å². The van der Waals surface area contributed by atoms with E-state index < -0.39 is 0 Å². The number of thiazole rings is 2. The molecular weight excluding hydrogens is 1030 g/mol. The minimum Gasteiger partial charge on any atom is -0.454 e. The predicted octanol–water partition coefficient (Wildman–Crippen LogP) is 12.4. The molecule has 2 aromatic heterocycles. The highest BCUT2D eigenvalue weighted by atomic mass is 35.5. The molecule has 0 spiro atoms. The molecule has 4 aliphatic rings. The minimum atomic E-state index is -0.373. The molecule has 0 saturated carbocycles. The molecule has 0 radical (unpaired) electrons. The zero-order valence-corrected chi connectivity index (χ0v) is 45.3. The third-order valence-electron chi connectivity index (χ3n) is 13.5. The maximum absolute atomic E-state index is 13.4. The lowest BCUT2D eigenvalue weighted by Crippen LogP contribution is -2.29. The van der Waals surface area contributed by atoms with Crippen molar-refractivity contribution in [2.75, 3.05) is 47.5 Å². The van der Waals surface area contributed by atoms with E-state index >= 15 is 0 Å². The molecule has 6 heterocycles. The largest absolute Gasteiger partial charge is 0.454 e. The molecule has 392 valence electrons. The van der Waals surface area contributed by atoms with Gasteiger partial charge in [-0.1, -0.05) is 74.5 Å². The first-order valence-electron chi connectivity index (χ1n) is 25.4. The van der Waals surface area contributed by atoms with Crippen LogP contribution in [0.4, 0.5) is 21.6 Å². The molecule has 0 saturated heterocycles. The number of rotatable bonds is 12. The van der Waals surface area contributed by atoms with E-state index in [4.69, 9.17) is 35.5 Å². The lowest BCUT2D eigenvalue weighted by atomic mass is 10.0. The Morgan fingerprint density at radius 3 is 1.69 bits per heavy atom. The van der Waals surface area contributed by atoms with E-state index in [-0.39, 0.29) is 49.4 Å². The summed E-state index contributed by atoms with van der Waals surface area (Å²) in [6.45, 7) is 10.2. The first-order chi connectivity index (χ1) is 37.4. The second kappa shape index (κ2) is 23.5. The average Bonchev–Trinajstić information content (AvgIpc) is 4.35. The summed E-state index contributed by atoms with van der Waals surface area (Å²) in [5.41, 5.74) is 13.6.